The Labute approximate surface area is 179 Å². The van der Waals surface area contributed by atoms with Gasteiger partial charge in [0.15, 0.2) is 0 Å². The number of piperidine rings is 1. The van der Waals surface area contributed by atoms with Crippen molar-refractivity contribution < 1.29 is 23.9 Å². The summed E-state index contributed by atoms with van der Waals surface area (Å²) in [6.45, 7) is 5.83. The van der Waals surface area contributed by atoms with Gasteiger partial charge in [-0.15, -0.1) is 0 Å². The molecular formula is C23H34N2O5. The third-order valence-corrected chi connectivity index (χ3v) is 5.88. The second-order valence-corrected chi connectivity index (χ2v) is 8.05. The quantitative estimate of drug-likeness (QED) is 0.574. The van der Waals surface area contributed by atoms with Gasteiger partial charge in [0.25, 0.3) is 0 Å². The fourth-order valence-corrected chi connectivity index (χ4v) is 4.19. The molecule has 0 aromatic heterocycles. The molecule has 2 aliphatic heterocycles. The topological polar surface area (TPSA) is 68.3 Å². The van der Waals surface area contributed by atoms with Gasteiger partial charge in [0, 0.05) is 32.6 Å². The minimum absolute atomic E-state index is 0.0709. The SMILES string of the molecule is CCOC(=O)[C@]1(CCOc2ccccc2)CCCN(C(=O)CCN2CCCCO2)C1. The molecule has 0 unspecified atom stereocenters. The van der Waals surface area contributed by atoms with Crippen LogP contribution in [0.5, 0.6) is 5.75 Å². The number of para-hydroxylation sites is 1. The maximum atomic E-state index is 12.9. The highest BCUT2D eigenvalue weighted by molar-refractivity contribution is 5.81. The zero-order valence-corrected chi connectivity index (χ0v) is 18.0. The lowest BCUT2D eigenvalue weighted by atomic mass is 9.77. The summed E-state index contributed by atoms with van der Waals surface area (Å²) in [5.74, 6) is 0.627. The maximum absolute atomic E-state index is 12.9. The van der Waals surface area contributed by atoms with Crippen molar-refractivity contribution >= 4 is 11.9 Å². The molecule has 7 heteroatoms. The van der Waals surface area contributed by atoms with Gasteiger partial charge < -0.3 is 14.4 Å². The molecule has 0 bridgehead atoms. The molecule has 0 aliphatic carbocycles. The summed E-state index contributed by atoms with van der Waals surface area (Å²) < 4.78 is 11.3. The number of carbonyl (C=O) groups is 2. The monoisotopic (exact) mass is 418 g/mol. The highest BCUT2D eigenvalue weighted by Gasteiger charge is 2.44. The molecule has 2 heterocycles. The maximum Gasteiger partial charge on any atom is 0.314 e. The molecule has 30 heavy (non-hydrogen) atoms. The normalized spacial score (nSPS) is 22.5. The van der Waals surface area contributed by atoms with Crippen LogP contribution in [0.1, 0.15) is 45.4 Å². The predicted molar refractivity (Wildman–Crippen MR) is 113 cm³/mol. The largest absolute Gasteiger partial charge is 0.494 e. The van der Waals surface area contributed by atoms with E-state index in [9.17, 15) is 9.59 Å². The second kappa shape index (κ2) is 11.3. The van der Waals surface area contributed by atoms with Crippen LogP contribution < -0.4 is 4.74 Å². The molecule has 166 valence electrons. The van der Waals surface area contributed by atoms with E-state index in [4.69, 9.17) is 14.3 Å². The van der Waals surface area contributed by atoms with Crippen LogP contribution in [0.4, 0.5) is 0 Å². The van der Waals surface area contributed by atoms with Gasteiger partial charge in [-0.1, -0.05) is 18.2 Å². The van der Waals surface area contributed by atoms with E-state index in [-0.39, 0.29) is 11.9 Å². The number of hydrogen-bond acceptors (Lipinski definition) is 6. The number of carbonyl (C=O) groups excluding carboxylic acids is 2. The van der Waals surface area contributed by atoms with Gasteiger partial charge in [0.05, 0.1) is 25.2 Å². The van der Waals surface area contributed by atoms with Gasteiger partial charge in [-0.3, -0.25) is 14.4 Å². The third-order valence-electron chi connectivity index (χ3n) is 5.88. The van der Waals surface area contributed by atoms with E-state index in [2.05, 4.69) is 0 Å². The van der Waals surface area contributed by atoms with Crippen molar-refractivity contribution in [3.8, 4) is 5.75 Å². The number of benzene rings is 1. The van der Waals surface area contributed by atoms with Gasteiger partial charge in [-0.05, 0) is 51.2 Å². The molecule has 0 spiro atoms. The zero-order chi connectivity index (χ0) is 21.2. The van der Waals surface area contributed by atoms with Crippen LogP contribution in [0.25, 0.3) is 0 Å². The number of rotatable bonds is 9. The Kier molecular flexibility index (Phi) is 8.51. The van der Waals surface area contributed by atoms with Crippen LogP contribution in [0.15, 0.2) is 30.3 Å². The highest BCUT2D eigenvalue weighted by atomic mass is 16.7. The summed E-state index contributed by atoms with van der Waals surface area (Å²) in [5.41, 5.74) is -0.708. The summed E-state index contributed by atoms with van der Waals surface area (Å²) in [6, 6.07) is 9.58. The lowest BCUT2D eigenvalue weighted by Crippen LogP contribution is -2.51. The molecule has 2 aliphatic rings. The fourth-order valence-electron chi connectivity index (χ4n) is 4.19. The summed E-state index contributed by atoms with van der Waals surface area (Å²) in [6.07, 6.45) is 4.60. The lowest BCUT2D eigenvalue weighted by Gasteiger charge is -2.41. The molecule has 2 fully saturated rings. The van der Waals surface area contributed by atoms with Crippen molar-refractivity contribution in [2.24, 2.45) is 5.41 Å². The molecule has 0 radical (unpaired) electrons. The summed E-state index contributed by atoms with van der Waals surface area (Å²) >= 11 is 0. The summed E-state index contributed by atoms with van der Waals surface area (Å²) in [5, 5.41) is 1.89. The number of esters is 1. The van der Waals surface area contributed by atoms with Gasteiger partial charge in [-0.2, -0.15) is 5.06 Å². The van der Waals surface area contributed by atoms with Crippen LogP contribution in [-0.4, -0.2) is 67.8 Å². The Balaban J connectivity index is 1.58. The first-order chi connectivity index (χ1) is 14.6. The van der Waals surface area contributed by atoms with E-state index < -0.39 is 5.41 Å². The third kappa shape index (κ3) is 6.19. The van der Waals surface area contributed by atoms with E-state index in [0.29, 0.717) is 52.1 Å². The smallest absolute Gasteiger partial charge is 0.314 e. The molecule has 1 aromatic rings. The first-order valence-corrected chi connectivity index (χ1v) is 11.1. The molecule has 1 amide bonds. The molecule has 0 saturated carbocycles. The van der Waals surface area contributed by atoms with Crippen molar-refractivity contribution in [3.63, 3.8) is 0 Å². The van der Waals surface area contributed by atoms with Crippen molar-refractivity contribution in [2.75, 3.05) is 46.0 Å². The highest BCUT2D eigenvalue weighted by Crippen LogP contribution is 2.35. The average molecular weight is 419 g/mol. The van der Waals surface area contributed by atoms with Crippen molar-refractivity contribution in [3.05, 3.63) is 30.3 Å². The number of likely N-dealkylation sites (tertiary alicyclic amines) is 1. The Morgan fingerprint density at radius 3 is 2.70 bits per heavy atom. The number of hydrogen-bond donors (Lipinski definition) is 0. The van der Waals surface area contributed by atoms with E-state index >= 15 is 0 Å². The van der Waals surface area contributed by atoms with Gasteiger partial charge in [0.2, 0.25) is 5.91 Å². The van der Waals surface area contributed by atoms with E-state index in [1.807, 2.05) is 47.2 Å². The molecule has 7 nitrogen and oxygen atoms in total. The fraction of sp³-hybridized carbons (Fsp3) is 0.652. The first-order valence-electron chi connectivity index (χ1n) is 11.1. The van der Waals surface area contributed by atoms with Crippen LogP contribution >= 0.6 is 0 Å². The Bertz CT molecular complexity index is 677. The van der Waals surface area contributed by atoms with Crippen molar-refractivity contribution in [1.29, 1.82) is 0 Å². The summed E-state index contributed by atoms with van der Waals surface area (Å²) in [7, 11) is 0. The first kappa shape index (κ1) is 22.6. The van der Waals surface area contributed by atoms with Gasteiger partial charge in [-0.25, -0.2) is 0 Å². The second-order valence-electron chi connectivity index (χ2n) is 8.05. The van der Waals surface area contributed by atoms with Crippen LogP contribution in [0, 0.1) is 5.41 Å². The Hall–Kier alpha value is -2.12. The number of hydroxylamine groups is 2. The van der Waals surface area contributed by atoms with Crippen LogP contribution in [0.2, 0.25) is 0 Å². The van der Waals surface area contributed by atoms with Crippen molar-refractivity contribution in [2.45, 2.75) is 45.4 Å². The molecule has 0 N–H and O–H groups in total. The molecule has 1 aromatic carbocycles. The van der Waals surface area contributed by atoms with Gasteiger partial charge >= 0.3 is 5.97 Å². The molecule has 3 rings (SSSR count). The minimum atomic E-state index is -0.708. The van der Waals surface area contributed by atoms with E-state index in [0.717, 1.165) is 38.2 Å². The van der Waals surface area contributed by atoms with Crippen LogP contribution in [0.3, 0.4) is 0 Å². The molecule has 1 atom stereocenters. The number of ether oxygens (including phenoxy) is 2. The molecule has 2 saturated heterocycles. The van der Waals surface area contributed by atoms with Crippen molar-refractivity contribution in [1.82, 2.24) is 9.96 Å². The zero-order valence-electron chi connectivity index (χ0n) is 18.0. The van der Waals surface area contributed by atoms with E-state index in [1.54, 1.807) is 0 Å². The summed E-state index contributed by atoms with van der Waals surface area (Å²) in [4.78, 5) is 33.2. The van der Waals surface area contributed by atoms with Crippen LogP contribution in [-0.2, 0) is 19.2 Å². The Morgan fingerprint density at radius 1 is 1.13 bits per heavy atom. The average Bonchev–Trinajstić information content (AvgIpc) is 2.79. The Morgan fingerprint density at radius 2 is 1.97 bits per heavy atom. The van der Waals surface area contributed by atoms with Gasteiger partial charge in [0.1, 0.15) is 5.75 Å². The standard InChI is InChI=1S/C23H34N2O5/c1-2-28-22(27)23(13-18-29-20-9-4-3-5-10-20)12-8-14-24(19-23)21(26)11-16-25-15-6-7-17-30-25/h3-5,9-10H,2,6-8,11-19H2,1H3/t23-/m0/s1. The van der Waals surface area contributed by atoms with E-state index in [1.165, 1.54) is 0 Å². The minimum Gasteiger partial charge on any atom is -0.494 e. The molecular weight excluding hydrogens is 384 g/mol. The lowest BCUT2D eigenvalue weighted by molar-refractivity contribution is -0.183. The predicted octanol–water partition coefficient (Wildman–Crippen LogP) is 3.04. The number of nitrogens with zero attached hydrogens (tertiary/aromatic N) is 2. The number of amides is 1.